The molecule has 3 aliphatic rings. The van der Waals surface area contributed by atoms with Crippen molar-refractivity contribution >= 4 is 63.4 Å². The Hall–Kier alpha value is -5.90. The van der Waals surface area contributed by atoms with E-state index in [2.05, 4.69) is 49.8 Å². The molecule has 3 aromatic carbocycles. The van der Waals surface area contributed by atoms with Gasteiger partial charge in [0.2, 0.25) is 11.8 Å². The summed E-state index contributed by atoms with van der Waals surface area (Å²) in [5.41, 5.74) is 5.89. The molecule has 8 rings (SSSR count). The van der Waals surface area contributed by atoms with Gasteiger partial charge in [-0.3, -0.25) is 9.59 Å². The SMILES string of the molecule is COC(=O)N[C@H](C(=O)N1CCC[C@H]1c1nc2cc([C@H]3CC[C@H](c4ccc5[nH]c([C@@H]6CCCN6C(=O)[C@@H](NC(=O)OC)C(C)C)nc5c4)N3c3ccc(Cl)c(F)c3)ccc2[nH]1)C(C)C. The number of H-pyrrole nitrogens is 2. The first kappa shape index (κ1) is 43.7. The van der Waals surface area contributed by atoms with Crippen molar-refractivity contribution in [3.8, 4) is 0 Å². The average molecular weight is 884 g/mol. The van der Waals surface area contributed by atoms with E-state index in [-0.39, 0.29) is 52.8 Å². The highest BCUT2D eigenvalue weighted by Crippen LogP contribution is 2.48. The average Bonchev–Trinajstić information content (AvgIpc) is 4.12. The first-order chi connectivity index (χ1) is 30.3. The number of methoxy groups -OCH3 is 2. The molecule has 17 heteroatoms. The molecule has 2 aromatic heterocycles. The minimum Gasteiger partial charge on any atom is -0.453 e. The van der Waals surface area contributed by atoms with Crippen molar-refractivity contribution in [1.82, 2.24) is 40.4 Å². The second-order valence-corrected chi connectivity index (χ2v) is 17.9. The van der Waals surface area contributed by atoms with Gasteiger partial charge in [-0.2, -0.15) is 0 Å². The van der Waals surface area contributed by atoms with E-state index >= 15 is 4.39 Å². The summed E-state index contributed by atoms with van der Waals surface area (Å²) in [5, 5.41) is 5.46. The zero-order chi connectivity index (χ0) is 44.7. The van der Waals surface area contributed by atoms with Gasteiger partial charge in [-0.05, 0) is 104 Å². The van der Waals surface area contributed by atoms with Crippen LogP contribution >= 0.6 is 11.6 Å². The lowest BCUT2D eigenvalue weighted by molar-refractivity contribution is -0.136. The van der Waals surface area contributed by atoms with Gasteiger partial charge < -0.3 is 44.8 Å². The number of carbonyl (C=O) groups excluding carboxylic acids is 4. The Kier molecular flexibility index (Phi) is 12.5. The van der Waals surface area contributed by atoms with Crippen LogP contribution in [0.1, 0.15) is 113 Å². The number of hydrogen-bond acceptors (Lipinski definition) is 9. The molecule has 4 amide bonds. The molecule has 0 radical (unpaired) electrons. The highest BCUT2D eigenvalue weighted by Gasteiger charge is 2.40. The van der Waals surface area contributed by atoms with E-state index in [1.165, 1.54) is 20.3 Å². The fraction of sp³-hybridized carbons (Fsp3) is 0.478. The van der Waals surface area contributed by atoms with E-state index in [1.54, 1.807) is 15.9 Å². The molecule has 6 atom stereocenters. The van der Waals surface area contributed by atoms with Crippen LogP contribution in [-0.2, 0) is 19.1 Å². The fourth-order valence-electron chi connectivity index (χ4n) is 9.67. The highest BCUT2D eigenvalue weighted by molar-refractivity contribution is 6.30. The molecule has 3 saturated heterocycles. The molecule has 4 N–H and O–H groups in total. The summed E-state index contributed by atoms with van der Waals surface area (Å²) in [5.74, 6) is 0.214. The van der Waals surface area contributed by atoms with Crippen molar-refractivity contribution in [2.24, 2.45) is 11.8 Å². The number of halogens is 2. The Labute approximate surface area is 370 Å². The number of carbonyl (C=O) groups is 4. The van der Waals surface area contributed by atoms with Gasteiger partial charge >= 0.3 is 12.2 Å². The van der Waals surface area contributed by atoms with E-state index in [0.29, 0.717) is 30.4 Å². The largest absolute Gasteiger partial charge is 0.453 e. The standard InChI is InChI=1S/C46H55ClFN9O6/c1-24(2)39(53-45(60)62-5)43(58)55-19-7-9-37(55)41-49-31-15-11-26(21-33(31)51-41)35-17-18-36(57(35)28-13-14-29(47)30(48)23-28)27-12-16-32-34(22-27)52-42(50-32)38-10-8-20-56(38)44(59)40(25(3)4)54-46(61)63-6/h11-16,21-25,35-40H,7-10,17-20H2,1-6H3,(H,49,51)(H,50,52)(H,53,60)(H,54,61)/t35-,36-,37+,38+,39+,40+/m1/s1. The van der Waals surface area contributed by atoms with E-state index in [4.69, 9.17) is 31.0 Å². The number of aromatic nitrogens is 4. The molecule has 0 bridgehead atoms. The maximum absolute atomic E-state index is 15.2. The quantitative estimate of drug-likeness (QED) is 0.101. The number of fused-ring (bicyclic) bond motifs is 2. The van der Waals surface area contributed by atoms with Crippen molar-refractivity contribution in [3.05, 3.63) is 88.2 Å². The minimum atomic E-state index is -0.738. The van der Waals surface area contributed by atoms with Gasteiger partial charge in [0.15, 0.2) is 0 Å². The number of benzene rings is 3. The van der Waals surface area contributed by atoms with Gasteiger partial charge in [0, 0.05) is 18.8 Å². The number of ether oxygens (including phenoxy) is 2. The second-order valence-electron chi connectivity index (χ2n) is 17.5. The molecule has 5 aromatic rings. The molecular weight excluding hydrogens is 829 g/mol. The van der Waals surface area contributed by atoms with E-state index in [0.717, 1.165) is 71.7 Å². The molecular formula is C46H55ClFN9O6. The summed E-state index contributed by atoms with van der Waals surface area (Å²) < 4.78 is 24.8. The Bertz CT molecular complexity index is 2380. The zero-order valence-electron chi connectivity index (χ0n) is 36.4. The van der Waals surface area contributed by atoms with Crippen LogP contribution in [0.4, 0.5) is 19.7 Å². The summed E-state index contributed by atoms with van der Waals surface area (Å²) in [6.07, 6.45) is 3.30. The monoisotopic (exact) mass is 883 g/mol. The number of nitrogens with zero attached hydrogens (tertiary/aromatic N) is 5. The number of likely N-dealkylation sites (tertiary alicyclic amines) is 2. The zero-order valence-corrected chi connectivity index (χ0v) is 37.2. The third-order valence-corrected chi connectivity index (χ3v) is 13.2. The molecule has 3 fully saturated rings. The van der Waals surface area contributed by atoms with Gasteiger partial charge in [0.05, 0.1) is 65.5 Å². The molecule has 15 nitrogen and oxygen atoms in total. The lowest BCUT2D eigenvalue weighted by Gasteiger charge is -2.33. The van der Waals surface area contributed by atoms with E-state index in [1.807, 2.05) is 45.9 Å². The van der Waals surface area contributed by atoms with Crippen LogP contribution in [0.2, 0.25) is 5.02 Å². The van der Waals surface area contributed by atoms with E-state index in [9.17, 15) is 19.2 Å². The van der Waals surface area contributed by atoms with Crippen molar-refractivity contribution in [1.29, 1.82) is 0 Å². The Morgan fingerprint density at radius 1 is 0.683 bits per heavy atom. The number of imidazole rings is 2. The normalized spacial score (nSPS) is 21.1. The molecule has 0 spiro atoms. The van der Waals surface area contributed by atoms with Crippen LogP contribution in [0.25, 0.3) is 22.1 Å². The predicted molar refractivity (Wildman–Crippen MR) is 237 cm³/mol. The molecule has 5 heterocycles. The van der Waals surface area contributed by atoms with Gasteiger partial charge in [0.1, 0.15) is 29.5 Å². The molecule has 0 unspecified atom stereocenters. The topological polar surface area (TPSA) is 178 Å². The predicted octanol–water partition coefficient (Wildman–Crippen LogP) is 8.40. The van der Waals surface area contributed by atoms with Crippen LogP contribution < -0.4 is 15.5 Å². The number of rotatable bonds is 11. The Morgan fingerprint density at radius 3 is 1.56 bits per heavy atom. The Balaban J connectivity index is 1.07. The lowest BCUT2D eigenvalue weighted by atomic mass is 10.0. The first-order valence-electron chi connectivity index (χ1n) is 21.8. The van der Waals surface area contributed by atoms with Crippen molar-refractivity contribution < 1.29 is 33.0 Å². The highest BCUT2D eigenvalue weighted by atomic mass is 35.5. The number of nitrogens with one attached hydrogen (secondary N) is 4. The van der Waals surface area contributed by atoms with E-state index < -0.39 is 30.1 Å². The van der Waals surface area contributed by atoms with Crippen LogP contribution in [-0.4, -0.2) is 93.1 Å². The van der Waals surface area contributed by atoms with Gasteiger partial charge in [-0.25, -0.2) is 23.9 Å². The number of anilines is 1. The lowest BCUT2D eigenvalue weighted by Crippen LogP contribution is -2.51. The van der Waals surface area contributed by atoms with Crippen molar-refractivity contribution in [2.75, 3.05) is 32.2 Å². The number of aromatic amines is 2. The maximum Gasteiger partial charge on any atom is 0.407 e. The van der Waals surface area contributed by atoms with Crippen LogP contribution in [0.15, 0.2) is 54.6 Å². The fourth-order valence-corrected chi connectivity index (χ4v) is 9.79. The van der Waals surface area contributed by atoms with Crippen LogP contribution in [0, 0.1) is 17.7 Å². The summed E-state index contributed by atoms with van der Waals surface area (Å²) >= 11 is 6.21. The molecule has 0 aliphatic carbocycles. The summed E-state index contributed by atoms with van der Waals surface area (Å²) in [6.45, 7) is 8.65. The van der Waals surface area contributed by atoms with Crippen LogP contribution in [0.5, 0.6) is 0 Å². The molecule has 3 aliphatic heterocycles. The third-order valence-electron chi connectivity index (χ3n) is 12.9. The van der Waals surface area contributed by atoms with Gasteiger partial charge in [-0.15, -0.1) is 0 Å². The van der Waals surface area contributed by atoms with Gasteiger partial charge in [-0.1, -0.05) is 51.4 Å². The maximum atomic E-state index is 15.2. The Morgan fingerprint density at radius 2 is 1.14 bits per heavy atom. The molecule has 0 saturated carbocycles. The summed E-state index contributed by atoms with van der Waals surface area (Å²) in [6, 6.07) is 14.9. The van der Waals surface area contributed by atoms with Gasteiger partial charge in [0.25, 0.3) is 0 Å². The number of alkyl carbamates (subject to hydrolysis) is 2. The number of amides is 4. The van der Waals surface area contributed by atoms with Crippen LogP contribution in [0.3, 0.4) is 0 Å². The molecule has 63 heavy (non-hydrogen) atoms. The first-order valence-corrected chi connectivity index (χ1v) is 22.2. The smallest absolute Gasteiger partial charge is 0.407 e. The van der Waals surface area contributed by atoms with Crippen molar-refractivity contribution in [3.63, 3.8) is 0 Å². The summed E-state index contributed by atoms with van der Waals surface area (Å²) in [4.78, 5) is 74.7. The third kappa shape index (κ3) is 8.61. The molecule has 334 valence electrons. The second kappa shape index (κ2) is 18.1. The summed E-state index contributed by atoms with van der Waals surface area (Å²) in [7, 11) is 2.56. The minimum absolute atomic E-state index is 0.0439. The number of hydrogen-bond donors (Lipinski definition) is 4. The van der Waals surface area contributed by atoms with Crippen molar-refractivity contribution in [2.45, 2.75) is 102 Å².